The molecule has 7 heteroatoms. The summed E-state index contributed by atoms with van der Waals surface area (Å²) in [6, 6.07) is 14.7. The van der Waals surface area contributed by atoms with Crippen molar-refractivity contribution in [3.05, 3.63) is 66.0 Å². The zero-order valence-electron chi connectivity index (χ0n) is 17.0. The van der Waals surface area contributed by atoms with Crippen LogP contribution >= 0.6 is 0 Å². The maximum Gasteiger partial charge on any atom is 0.315 e. The van der Waals surface area contributed by atoms with E-state index in [4.69, 9.17) is 4.74 Å². The quantitative estimate of drug-likeness (QED) is 0.635. The summed E-state index contributed by atoms with van der Waals surface area (Å²) in [7, 11) is 0. The van der Waals surface area contributed by atoms with Crippen LogP contribution in [0, 0.1) is 11.2 Å². The summed E-state index contributed by atoms with van der Waals surface area (Å²) in [6.45, 7) is 6.16. The lowest BCUT2D eigenvalue weighted by atomic mass is 9.87. The molecule has 0 saturated heterocycles. The van der Waals surface area contributed by atoms with Crippen LogP contribution in [0.5, 0.6) is 5.75 Å². The van der Waals surface area contributed by atoms with E-state index >= 15 is 0 Å². The van der Waals surface area contributed by atoms with Crippen molar-refractivity contribution in [1.82, 2.24) is 16.0 Å². The fourth-order valence-electron chi connectivity index (χ4n) is 2.47. The van der Waals surface area contributed by atoms with Gasteiger partial charge in [0.05, 0.1) is 12.6 Å². The van der Waals surface area contributed by atoms with Gasteiger partial charge in [-0.15, -0.1) is 0 Å². The third-order valence-corrected chi connectivity index (χ3v) is 4.33. The molecule has 1 unspecified atom stereocenters. The molecule has 0 heterocycles. The molecule has 6 nitrogen and oxygen atoms in total. The summed E-state index contributed by atoms with van der Waals surface area (Å²) in [5.41, 5.74) is 0.640. The van der Waals surface area contributed by atoms with Crippen molar-refractivity contribution in [3.63, 3.8) is 0 Å². The number of hydrogen-bond acceptors (Lipinski definition) is 3. The Labute approximate surface area is 170 Å². The van der Waals surface area contributed by atoms with Gasteiger partial charge < -0.3 is 20.7 Å². The summed E-state index contributed by atoms with van der Waals surface area (Å²) >= 11 is 0. The molecule has 0 aliphatic carbocycles. The van der Waals surface area contributed by atoms with Gasteiger partial charge in [-0.05, 0) is 23.1 Å². The van der Waals surface area contributed by atoms with E-state index in [2.05, 4.69) is 16.0 Å². The summed E-state index contributed by atoms with van der Waals surface area (Å²) in [5, 5.41) is 8.08. The summed E-state index contributed by atoms with van der Waals surface area (Å²) in [4.78, 5) is 24.2. The van der Waals surface area contributed by atoms with Gasteiger partial charge in [-0.25, -0.2) is 9.18 Å². The Bertz CT molecular complexity index is 806. The van der Waals surface area contributed by atoms with Crippen LogP contribution in [0.1, 0.15) is 26.3 Å². The molecule has 29 heavy (non-hydrogen) atoms. The Morgan fingerprint density at radius 2 is 1.66 bits per heavy atom. The molecule has 2 aromatic carbocycles. The Hall–Kier alpha value is -3.09. The van der Waals surface area contributed by atoms with Crippen LogP contribution in [0.2, 0.25) is 0 Å². The van der Waals surface area contributed by atoms with Crippen LogP contribution in [0.25, 0.3) is 0 Å². The van der Waals surface area contributed by atoms with E-state index in [1.54, 1.807) is 12.1 Å². The Morgan fingerprint density at radius 3 is 2.31 bits per heavy atom. The number of rotatable bonds is 8. The number of carbonyl (C=O) groups excluding carboxylic acids is 2. The summed E-state index contributed by atoms with van der Waals surface area (Å²) < 4.78 is 19.3. The Morgan fingerprint density at radius 1 is 1.00 bits per heavy atom. The van der Waals surface area contributed by atoms with Crippen LogP contribution < -0.4 is 20.7 Å². The van der Waals surface area contributed by atoms with E-state index in [9.17, 15) is 14.0 Å². The third kappa shape index (κ3) is 7.81. The molecule has 156 valence electrons. The van der Waals surface area contributed by atoms with Gasteiger partial charge in [0.15, 0.2) is 11.6 Å². The van der Waals surface area contributed by atoms with E-state index in [0.29, 0.717) is 6.54 Å². The predicted octanol–water partition coefficient (Wildman–Crippen LogP) is 3.23. The highest BCUT2D eigenvalue weighted by Gasteiger charge is 2.27. The third-order valence-electron chi connectivity index (χ3n) is 4.33. The predicted molar refractivity (Wildman–Crippen MR) is 110 cm³/mol. The second kappa shape index (κ2) is 10.5. The first-order chi connectivity index (χ1) is 13.8. The summed E-state index contributed by atoms with van der Waals surface area (Å²) in [6.07, 6.45) is 0. The number of hydrogen-bond donors (Lipinski definition) is 3. The van der Waals surface area contributed by atoms with E-state index in [1.165, 1.54) is 12.1 Å². The van der Waals surface area contributed by atoms with Crippen LogP contribution in [-0.2, 0) is 11.3 Å². The number of halogens is 1. The van der Waals surface area contributed by atoms with Crippen molar-refractivity contribution in [3.8, 4) is 5.75 Å². The van der Waals surface area contributed by atoms with Gasteiger partial charge in [0.25, 0.3) is 0 Å². The lowest BCUT2D eigenvalue weighted by Crippen LogP contribution is -2.52. The zero-order chi connectivity index (χ0) is 21.3. The molecule has 0 aliphatic heterocycles. The molecule has 0 fully saturated rings. The zero-order valence-corrected chi connectivity index (χ0v) is 17.0. The molecule has 3 amide bonds. The standard InChI is InChI=1S/C22H28FN3O3/c1-22(2,3)19(15-29-18-12-8-7-11-17(18)23)26-21(28)25-14-20(27)24-13-16-9-5-4-6-10-16/h4-12,19H,13-15H2,1-3H3,(H,24,27)(H2,25,26,28). The van der Waals surface area contributed by atoms with Gasteiger partial charge in [-0.1, -0.05) is 63.2 Å². The molecule has 3 N–H and O–H groups in total. The number of benzene rings is 2. The van der Waals surface area contributed by atoms with Crippen molar-refractivity contribution in [2.24, 2.45) is 5.41 Å². The minimum Gasteiger partial charge on any atom is -0.488 e. The molecule has 0 radical (unpaired) electrons. The lowest BCUT2D eigenvalue weighted by molar-refractivity contribution is -0.120. The number of ether oxygens (including phenoxy) is 1. The summed E-state index contributed by atoms with van der Waals surface area (Å²) in [5.74, 6) is -0.622. The van der Waals surface area contributed by atoms with Crippen molar-refractivity contribution >= 4 is 11.9 Å². The van der Waals surface area contributed by atoms with Gasteiger partial charge in [0.2, 0.25) is 5.91 Å². The molecule has 0 aliphatic rings. The van der Waals surface area contributed by atoms with Gasteiger partial charge >= 0.3 is 6.03 Å². The van der Waals surface area contributed by atoms with Crippen molar-refractivity contribution in [1.29, 1.82) is 0 Å². The highest BCUT2D eigenvalue weighted by Crippen LogP contribution is 2.22. The molecule has 0 bridgehead atoms. The van der Waals surface area contributed by atoms with Crippen LogP contribution in [0.3, 0.4) is 0 Å². The second-order valence-electron chi connectivity index (χ2n) is 7.75. The SMILES string of the molecule is CC(C)(C)C(COc1ccccc1F)NC(=O)NCC(=O)NCc1ccccc1. The van der Waals surface area contributed by atoms with E-state index in [0.717, 1.165) is 5.56 Å². The van der Waals surface area contributed by atoms with Gasteiger partial charge in [-0.3, -0.25) is 4.79 Å². The number of para-hydroxylation sites is 1. The van der Waals surface area contributed by atoms with Crippen LogP contribution in [0.4, 0.5) is 9.18 Å². The number of amides is 3. The van der Waals surface area contributed by atoms with Gasteiger partial charge in [0.1, 0.15) is 6.61 Å². The smallest absolute Gasteiger partial charge is 0.315 e. The average molecular weight is 401 g/mol. The fourth-order valence-corrected chi connectivity index (χ4v) is 2.47. The van der Waals surface area contributed by atoms with Gasteiger partial charge in [0, 0.05) is 6.54 Å². The minimum atomic E-state index is -0.489. The first-order valence-corrected chi connectivity index (χ1v) is 9.48. The maximum atomic E-state index is 13.7. The van der Waals surface area contributed by atoms with E-state index < -0.39 is 17.9 Å². The second-order valence-corrected chi connectivity index (χ2v) is 7.75. The van der Waals surface area contributed by atoms with Crippen molar-refractivity contribution in [2.75, 3.05) is 13.2 Å². The normalized spacial score (nSPS) is 12.0. The molecule has 0 aromatic heterocycles. The monoisotopic (exact) mass is 401 g/mol. The topological polar surface area (TPSA) is 79.5 Å². The number of carbonyl (C=O) groups is 2. The highest BCUT2D eigenvalue weighted by molar-refractivity contribution is 5.84. The van der Waals surface area contributed by atoms with Crippen molar-refractivity contribution in [2.45, 2.75) is 33.4 Å². The maximum absolute atomic E-state index is 13.7. The Balaban J connectivity index is 1.80. The van der Waals surface area contributed by atoms with E-state index in [-0.39, 0.29) is 30.2 Å². The van der Waals surface area contributed by atoms with E-state index in [1.807, 2.05) is 51.1 Å². The molecule has 2 aromatic rings. The fraction of sp³-hybridized carbons (Fsp3) is 0.364. The Kier molecular flexibility index (Phi) is 8.00. The molecule has 2 rings (SSSR count). The van der Waals surface area contributed by atoms with Crippen LogP contribution in [-0.4, -0.2) is 31.1 Å². The molecule has 0 saturated carbocycles. The van der Waals surface area contributed by atoms with Crippen molar-refractivity contribution < 1.29 is 18.7 Å². The average Bonchev–Trinajstić information content (AvgIpc) is 2.69. The first-order valence-electron chi connectivity index (χ1n) is 9.48. The van der Waals surface area contributed by atoms with Crippen LogP contribution in [0.15, 0.2) is 54.6 Å². The molecule has 0 spiro atoms. The largest absolute Gasteiger partial charge is 0.488 e. The molecule has 1 atom stereocenters. The lowest BCUT2D eigenvalue weighted by Gasteiger charge is -2.31. The molecular weight excluding hydrogens is 373 g/mol. The molecular formula is C22H28FN3O3. The first kappa shape index (κ1) is 22.2. The number of nitrogens with one attached hydrogen (secondary N) is 3. The highest BCUT2D eigenvalue weighted by atomic mass is 19.1. The minimum absolute atomic E-state index is 0.0953. The van der Waals surface area contributed by atoms with Gasteiger partial charge in [-0.2, -0.15) is 0 Å². The number of urea groups is 1.